The highest BCUT2D eigenvalue weighted by Gasteiger charge is 2.09. The summed E-state index contributed by atoms with van der Waals surface area (Å²) in [6.45, 7) is 0.598. The van der Waals surface area contributed by atoms with Crippen molar-refractivity contribution in [1.29, 1.82) is 0 Å². The highest BCUT2D eigenvalue weighted by atomic mass is 35.5. The third-order valence-electron chi connectivity index (χ3n) is 1.54. The van der Waals surface area contributed by atoms with Crippen molar-refractivity contribution >= 4 is 24.2 Å². The zero-order valence-electron chi connectivity index (χ0n) is 6.57. The molecule has 0 fully saturated rings. The minimum Gasteiger partial charge on any atom is -0.330 e. The molecule has 1 aromatic rings. The fourth-order valence-corrected chi connectivity index (χ4v) is 1.62. The zero-order chi connectivity index (χ0) is 8.97. The highest BCUT2D eigenvalue weighted by Crippen LogP contribution is 2.26. The average Bonchev–Trinajstić information content (AvgIpc) is 2.05. The van der Waals surface area contributed by atoms with Crippen molar-refractivity contribution in [1.82, 2.24) is 4.98 Å². The molecule has 0 aromatic carbocycles. The third kappa shape index (κ3) is 2.37. The van der Waals surface area contributed by atoms with Crippen LogP contribution in [0.4, 0.5) is 0 Å². The summed E-state index contributed by atoms with van der Waals surface area (Å²) in [5.74, 6) is 0. The van der Waals surface area contributed by atoms with E-state index in [1.165, 1.54) is 0 Å². The van der Waals surface area contributed by atoms with Crippen molar-refractivity contribution in [2.75, 3.05) is 6.54 Å². The molecule has 2 N–H and O–H groups in total. The van der Waals surface area contributed by atoms with Crippen LogP contribution in [0.15, 0.2) is 18.3 Å². The summed E-state index contributed by atoms with van der Waals surface area (Å²) < 4.78 is 0. The fraction of sp³-hybridized carbons (Fsp3) is 0.375. The number of hydrogen-bond donors (Lipinski definition) is 2. The van der Waals surface area contributed by atoms with Gasteiger partial charge in [0.2, 0.25) is 0 Å². The number of thiol groups is 1. The van der Waals surface area contributed by atoms with Gasteiger partial charge in [-0.3, -0.25) is 4.98 Å². The van der Waals surface area contributed by atoms with Crippen LogP contribution in [0.1, 0.15) is 17.4 Å². The minimum absolute atomic E-state index is 0.0451. The van der Waals surface area contributed by atoms with Crippen molar-refractivity contribution < 1.29 is 0 Å². The summed E-state index contributed by atoms with van der Waals surface area (Å²) in [6, 6.07) is 3.61. The van der Waals surface area contributed by atoms with Crippen molar-refractivity contribution in [2.45, 2.75) is 11.7 Å². The van der Waals surface area contributed by atoms with Crippen LogP contribution < -0.4 is 5.73 Å². The molecule has 0 saturated heterocycles. The molecule has 0 saturated carbocycles. The lowest BCUT2D eigenvalue weighted by Crippen LogP contribution is -2.04. The van der Waals surface area contributed by atoms with E-state index in [-0.39, 0.29) is 5.25 Å². The molecule has 0 bridgehead atoms. The van der Waals surface area contributed by atoms with Crippen LogP contribution in [0.3, 0.4) is 0 Å². The van der Waals surface area contributed by atoms with Crippen LogP contribution in [0.5, 0.6) is 0 Å². The Labute approximate surface area is 82.5 Å². The summed E-state index contributed by atoms with van der Waals surface area (Å²) in [5.41, 5.74) is 6.21. The lowest BCUT2D eigenvalue weighted by Gasteiger charge is -2.09. The molecule has 4 heteroatoms. The van der Waals surface area contributed by atoms with Gasteiger partial charge in [-0.25, -0.2) is 0 Å². The van der Waals surface area contributed by atoms with E-state index in [1.807, 2.05) is 6.07 Å². The predicted molar refractivity (Wildman–Crippen MR) is 54.6 cm³/mol. The second-order valence-corrected chi connectivity index (χ2v) is 3.49. The van der Waals surface area contributed by atoms with Gasteiger partial charge in [-0.2, -0.15) is 12.6 Å². The minimum atomic E-state index is 0.0451. The quantitative estimate of drug-likeness (QED) is 0.737. The molecule has 1 rings (SSSR count). The lowest BCUT2D eigenvalue weighted by molar-refractivity contribution is 0.797. The van der Waals surface area contributed by atoms with Gasteiger partial charge in [0, 0.05) is 11.4 Å². The first-order valence-electron chi connectivity index (χ1n) is 3.74. The van der Waals surface area contributed by atoms with Crippen LogP contribution in [0, 0.1) is 0 Å². The second-order valence-electron chi connectivity index (χ2n) is 2.46. The van der Waals surface area contributed by atoms with E-state index >= 15 is 0 Å². The molecular weight excluding hydrogens is 192 g/mol. The Hall–Kier alpha value is -0.250. The SMILES string of the molecule is NCCC(S)c1ncccc1Cl. The zero-order valence-corrected chi connectivity index (χ0v) is 8.22. The Kier molecular flexibility index (Phi) is 3.85. The molecule has 0 amide bonds. The third-order valence-corrected chi connectivity index (χ3v) is 2.37. The number of nitrogens with two attached hydrogens (primary N) is 1. The molecule has 1 aromatic heterocycles. The van der Waals surface area contributed by atoms with Gasteiger partial charge in [0.1, 0.15) is 0 Å². The number of rotatable bonds is 3. The first-order chi connectivity index (χ1) is 5.75. The molecule has 66 valence electrons. The molecule has 0 radical (unpaired) electrons. The molecular formula is C8H11ClN2S. The number of pyridine rings is 1. The van der Waals surface area contributed by atoms with Gasteiger partial charge < -0.3 is 5.73 Å². The van der Waals surface area contributed by atoms with Crippen LogP contribution in [-0.2, 0) is 0 Å². The van der Waals surface area contributed by atoms with Gasteiger partial charge in [-0.1, -0.05) is 11.6 Å². The maximum atomic E-state index is 5.90. The molecule has 1 heterocycles. The monoisotopic (exact) mass is 202 g/mol. The number of aromatic nitrogens is 1. The van der Waals surface area contributed by atoms with Crippen LogP contribution in [-0.4, -0.2) is 11.5 Å². The van der Waals surface area contributed by atoms with E-state index in [0.717, 1.165) is 12.1 Å². The molecule has 2 nitrogen and oxygen atoms in total. The van der Waals surface area contributed by atoms with Crippen LogP contribution >= 0.6 is 24.2 Å². The Bertz CT molecular complexity index is 255. The summed E-state index contributed by atoms with van der Waals surface area (Å²) in [5, 5.41) is 0.703. The first-order valence-corrected chi connectivity index (χ1v) is 4.63. The van der Waals surface area contributed by atoms with E-state index in [1.54, 1.807) is 12.3 Å². The predicted octanol–water partition coefficient (Wildman–Crippen LogP) is 2.05. The summed E-state index contributed by atoms with van der Waals surface area (Å²) >= 11 is 10.2. The highest BCUT2D eigenvalue weighted by molar-refractivity contribution is 7.80. The summed E-state index contributed by atoms with van der Waals surface area (Å²) in [6.07, 6.45) is 2.50. The van der Waals surface area contributed by atoms with Crippen molar-refractivity contribution in [3.8, 4) is 0 Å². The average molecular weight is 203 g/mol. The van der Waals surface area contributed by atoms with Gasteiger partial charge in [-0.05, 0) is 25.1 Å². The summed E-state index contributed by atoms with van der Waals surface area (Å²) in [4.78, 5) is 4.13. The van der Waals surface area contributed by atoms with Gasteiger partial charge in [0.25, 0.3) is 0 Å². The van der Waals surface area contributed by atoms with Crippen LogP contribution in [0.25, 0.3) is 0 Å². The molecule has 0 spiro atoms. The number of nitrogens with zero attached hydrogens (tertiary/aromatic N) is 1. The molecule has 0 aliphatic heterocycles. The van der Waals surface area contributed by atoms with Crippen molar-refractivity contribution in [2.24, 2.45) is 5.73 Å². The largest absolute Gasteiger partial charge is 0.330 e. The van der Waals surface area contributed by atoms with E-state index in [9.17, 15) is 0 Å². The molecule has 0 aliphatic rings. The maximum absolute atomic E-state index is 5.90. The van der Waals surface area contributed by atoms with E-state index in [2.05, 4.69) is 17.6 Å². The van der Waals surface area contributed by atoms with Crippen LogP contribution in [0.2, 0.25) is 5.02 Å². The van der Waals surface area contributed by atoms with E-state index in [0.29, 0.717) is 11.6 Å². The van der Waals surface area contributed by atoms with Gasteiger partial charge in [-0.15, -0.1) is 0 Å². The van der Waals surface area contributed by atoms with E-state index < -0.39 is 0 Å². The number of hydrogen-bond acceptors (Lipinski definition) is 3. The molecule has 1 unspecified atom stereocenters. The standard InChI is InChI=1S/C8H11ClN2S/c9-6-2-1-5-11-8(6)7(12)3-4-10/h1-2,5,7,12H,3-4,10H2. The van der Waals surface area contributed by atoms with Gasteiger partial charge >= 0.3 is 0 Å². The maximum Gasteiger partial charge on any atom is 0.0717 e. The molecule has 12 heavy (non-hydrogen) atoms. The van der Waals surface area contributed by atoms with Crippen molar-refractivity contribution in [3.05, 3.63) is 29.0 Å². The van der Waals surface area contributed by atoms with E-state index in [4.69, 9.17) is 17.3 Å². The van der Waals surface area contributed by atoms with Gasteiger partial charge in [0.15, 0.2) is 0 Å². The topological polar surface area (TPSA) is 38.9 Å². The van der Waals surface area contributed by atoms with Gasteiger partial charge in [0.05, 0.1) is 10.7 Å². The number of halogens is 1. The first kappa shape index (κ1) is 9.84. The smallest absolute Gasteiger partial charge is 0.0717 e. The Morgan fingerprint density at radius 1 is 1.67 bits per heavy atom. The van der Waals surface area contributed by atoms with Crippen molar-refractivity contribution in [3.63, 3.8) is 0 Å². The Morgan fingerprint density at radius 3 is 3.00 bits per heavy atom. The molecule has 0 aliphatic carbocycles. The Balaban J connectivity index is 2.79. The Morgan fingerprint density at radius 2 is 2.42 bits per heavy atom. The second kappa shape index (κ2) is 4.70. The fourth-order valence-electron chi connectivity index (χ4n) is 0.938. The normalized spacial score (nSPS) is 12.9. The lowest BCUT2D eigenvalue weighted by atomic mass is 10.2. The molecule has 1 atom stereocenters. The summed E-state index contributed by atoms with van der Waals surface area (Å²) in [7, 11) is 0.